The monoisotopic (exact) mass is 366 g/mol. The summed E-state index contributed by atoms with van der Waals surface area (Å²) >= 11 is 1.62. The van der Waals surface area contributed by atoms with Crippen LogP contribution in [-0.2, 0) is 11.3 Å². The Kier molecular flexibility index (Phi) is 4.84. The van der Waals surface area contributed by atoms with Crippen LogP contribution in [0.5, 0.6) is 0 Å². The Hall–Kier alpha value is -2.47. The van der Waals surface area contributed by atoms with Crippen LogP contribution >= 0.6 is 11.3 Å². The van der Waals surface area contributed by atoms with E-state index in [0.717, 1.165) is 29.0 Å². The van der Waals surface area contributed by atoms with Crippen molar-refractivity contribution < 1.29 is 4.79 Å². The molecule has 0 saturated carbocycles. The van der Waals surface area contributed by atoms with Crippen LogP contribution in [0.25, 0.3) is 10.2 Å². The summed E-state index contributed by atoms with van der Waals surface area (Å²) in [5.41, 5.74) is 1.18. The largest absolute Gasteiger partial charge is 0.353 e. The third-order valence-electron chi connectivity index (χ3n) is 5.00. The van der Waals surface area contributed by atoms with Gasteiger partial charge in [-0.1, -0.05) is 37.3 Å². The van der Waals surface area contributed by atoms with Crippen molar-refractivity contribution in [1.82, 2.24) is 14.9 Å². The number of carbonyl (C=O) groups excluding carboxylic acids is 1. The second-order valence-electron chi connectivity index (χ2n) is 6.60. The molecule has 0 radical (unpaired) electrons. The van der Waals surface area contributed by atoms with Gasteiger partial charge in [0, 0.05) is 32.1 Å². The van der Waals surface area contributed by atoms with Crippen molar-refractivity contribution >= 4 is 33.3 Å². The summed E-state index contributed by atoms with van der Waals surface area (Å²) in [7, 11) is 0. The molecule has 5 nitrogen and oxygen atoms in total. The molecule has 1 fully saturated rings. The number of benzene rings is 1. The van der Waals surface area contributed by atoms with Gasteiger partial charge >= 0.3 is 0 Å². The number of amides is 1. The first-order chi connectivity index (χ1) is 12.8. The third-order valence-corrected chi connectivity index (χ3v) is 5.82. The molecular weight excluding hydrogens is 344 g/mol. The zero-order valence-corrected chi connectivity index (χ0v) is 15.7. The molecule has 134 valence electrons. The number of fused-ring (bicyclic) bond motifs is 1. The molecule has 0 N–H and O–H groups in total. The SMILES string of the molecule is CC[C@@H]1CN(c2ncnc3sccc23)CCC(=O)N1Cc1ccccc1. The Morgan fingerprint density at radius 3 is 2.85 bits per heavy atom. The van der Waals surface area contributed by atoms with E-state index in [1.807, 2.05) is 28.5 Å². The number of nitrogens with zero attached hydrogens (tertiary/aromatic N) is 4. The Morgan fingerprint density at radius 1 is 1.19 bits per heavy atom. The van der Waals surface area contributed by atoms with Crippen LogP contribution in [0.4, 0.5) is 5.82 Å². The Morgan fingerprint density at radius 2 is 2.04 bits per heavy atom. The lowest BCUT2D eigenvalue weighted by Gasteiger charge is -2.31. The Bertz CT molecular complexity index is 895. The van der Waals surface area contributed by atoms with Gasteiger partial charge in [-0.25, -0.2) is 9.97 Å². The van der Waals surface area contributed by atoms with E-state index >= 15 is 0 Å². The van der Waals surface area contributed by atoms with Crippen molar-refractivity contribution in [1.29, 1.82) is 0 Å². The molecule has 4 rings (SSSR count). The zero-order chi connectivity index (χ0) is 17.9. The highest BCUT2D eigenvalue weighted by Crippen LogP contribution is 2.29. The van der Waals surface area contributed by atoms with Gasteiger partial charge in [0.2, 0.25) is 5.91 Å². The minimum atomic E-state index is 0.175. The maximum absolute atomic E-state index is 12.8. The maximum Gasteiger partial charge on any atom is 0.224 e. The molecular formula is C20H22N4OS. The van der Waals surface area contributed by atoms with Crippen molar-refractivity contribution in [3.05, 3.63) is 53.7 Å². The Labute approximate surface area is 157 Å². The number of anilines is 1. The molecule has 1 aliphatic heterocycles. The van der Waals surface area contributed by atoms with Crippen LogP contribution in [0, 0.1) is 0 Å². The normalized spacial score (nSPS) is 18.3. The number of hydrogen-bond acceptors (Lipinski definition) is 5. The minimum Gasteiger partial charge on any atom is -0.353 e. The van der Waals surface area contributed by atoms with E-state index in [4.69, 9.17) is 0 Å². The molecule has 3 heterocycles. The lowest BCUT2D eigenvalue weighted by atomic mass is 10.1. The summed E-state index contributed by atoms with van der Waals surface area (Å²) < 4.78 is 0. The molecule has 1 aromatic carbocycles. The lowest BCUT2D eigenvalue weighted by molar-refractivity contribution is -0.133. The van der Waals surface area contributed by atoms with Crippen molar-refractivity contribution in [2.75, 3.05) is 18.0 Å². The first-order valence-electron chi connectivity index (χ1n) is 9.03. The highest BCUT2D eigenvalue weighted by atomic mass is 32.1. The molecule has 26 heavy (non-hydrogen) atoms. The first-order valence-corrected chi connectivity index (χ1v) is 9.90. The van der Waals surface area contributed by atoms with Gasteiger partial charge in [-0.15, -0.1) is 11.3 Å². The van der Waals surface area contributed by atoms with Gasteiger partial charge in [0.25, 0.3) is 0 Å². The summed E-state index contributed by atoms with van der Waals surface area (Å²) in [5.74, 6) is 1.17. The van der Waals surface area contributed by atoms with E-state index in [1.54, 1.807) is 17.7 Å². The summed E-state index contributed by atoms with van der Waals surface area (Å²) in [6, 6.07) is 12.5. The molecule has 0 bridgehead atoms. The highest BCUT2D eigenvalue weighted by Gasteiger charge is 2.29. The fourth-order valence-electron chi connectivity index (χ4n) is 3.59. The summed E-state index contributed by atoms with van der Waals surface area (Å²) in [5, 5.41) is 3.13. The fraction of sp³-hybridized carbons (Fsp3) is 0.350. The van der Waals surface area contributed by atoms with Crippen LogP contribution in [-0.4, -0.2) is 39.9 Å². The van der Waals surface area contributed by atoms with Crippen LogP contribution < -0.4 is 4.90 Å². The van der Waals surface area contributed by atoms with Gasteiger partial charge in [-0.05, 0) is 23.4 Å². The zero-order valence-electron chi connectivity index (χ0n) is 14.8. The van der Waals surface area contributed by atoms with Crippen molar-refractivity contribution in [2.45, 2.75) is 32.4 Å². The molecule has 3 aromatic rings. The topological polar surface area (TPSA) is 49.3 Å². The molecule has 0 unspecified atom stereocenters. The minimum absolute atomic E-state index is 0.175. The summed E-state index contributed by atoms with van der Waals surface area (Å²) in [6.45, 7) is 4.32. The number of rotatable bonds is 4. The second-order valence-corrected chi connectivity index (χ2v) is 7.50. The third kappa shape index (κ3) is 3.29. The van der Waals surface area contributed by atoms with Gasteiger partial charge < -0.3 is 9.80 Å². The average molecular weight is 366 g/mol. The smallest absolute Gasteiger partial charge is 0.224 e. The van der Waals surface area contributed by atoms with E-state index in [-0.39, 0.29) is 11.9 Å². The standard InChI is InChI=1S/C20H22N4OS/c1-2-16-13-23(19-17-9-11-26-20(17)22-14-21-19)10-8-18(25)24(16)12-15-6-4-3-5-7-15/h3-7,9,11,14,16H,2,8,10,12-13H2,1H3/t16-/m1/s1. The van der Waals surface area contributed by atoms with Crippen molar-refractivity contribution in [3.8, 4) is 0 Å². The molecule has 0 spiro atoms. The van der Waals surface area contributed by atoms with Gasteiger partial charge in [0.15, 0.2) is 0 Å². The molecule has 1 aliphatic rings. The number of carbonyl (C=O) groups is 1. The lowest BCUT2D eigenvalue weighted by Crippen LogP contribution is -2.42. The number of aromatic nitrogens is 2. The predicted molar refractivity (Wildman–Crippen MR) is 105 cm³/mol. The molecule has 1 atom stereocenters. The molecule has 2 aromatic heterocycles. The molecule has 1 amide bonds. The van der Waals surface area contributed by atoms with E-state index in [2.05, 4.69) is 40.0 Å². The molecule has 1 saturated heterocycles. The Balaban J connectivity index is 1.62. The first kappa shape index (κ1) is 17.0. The summed E-state index contributed by atoms with van der Waals surface area (Å²) in [4.78, 5) is 27.0. The van der Waals surface area contributed by atoms with E-state index in [9.17, 15) is 4.79 Å². The van der Waals surface area contributed by atoms with Crippen LogP contribution in [0.2, 0.25) is 0 Å². The average Bonchev–Trinajstić information content (AvgIpc) is 3.10. The van der Waals surface area contributed by atoms with E-state index in [1.165, 1.54) is 5.56 Å². The van der Waals surface area contributed by atoms with Crippen LogP contribution in [0.1, 0.15) is 25.3 Å². The molecule has 0 aliphatic carbocycles. The number of thiophene rings is 1. The predicted octanol–water partition coefficient (Wildman–Crippen LogP) is 3.71. The highest BCUT2D eigenvalue weighted by molar-refractivity contribution is 7.16. The van der Waals surface area contributed by atoms with E-state index in [0.29, 0.717) is 19.5 Å². The fourth-order valence-corrected chi connectivity index (χ4v) is 4.32. The second kappa shape index (κ2) is 7.41. The van der Waals surface area contributed by atoms with E-state index < -0.39 is 0 Å². The van der Waals surface area contributed by atoms with Crippen LogP contribution in [0.15, 0.2) is 48.1 Å². The molecule has 6 heteroatoms. The van der Waals surface area contributed by atoms with Crippen molar-refractivity contribution in [3.63, 3.8) is 0 Å². The summed E-state index contributed by atoms with van der Waals surface area (Å²) in [6.07, 6.45) is 3.06. The van der Waals surface area contributed by atoms with Crippen molar-refractivity contribution in [2.24, 2.45) is 0 Å². The van der Waals surface area contributed by atoms with Gasteiger partial charge in [-0.2, -0.15) is 0 Å². The maximum atomic E-state index is 12.8. The van der Waals surface area contributed by atoms with Crippen LogP contribution in [0.3, 0.4) is 0 Å². The number of hydrogen-bond donors (Lipinski definition) is 0. The van der Waals surface area contributed by atoms with Gasteiger partial charge in [0.05, 0.1) is 5.39 Å². The van der Waals surface area contributed by atoms with Gasteiger partial charge in [0.1, 0.15) is 17.0 Å². The quantitative estimate of drug-likeness (QED) is 0.706. The van der Waals surface area contributed by atoms with Gasteiger partial charge in [-0.3, -0.25) is 4.79 Å².